The molecule has 0 radical (unpaired) electrons. The van der Waals surface area contributed by atoms with Gasteiger partial charge in [-0.3, -0.25) is 4.98 Å². The first-order valence-electron chi connectivity index (χ1n) is 4.93. The van der Waals surface area contributed by atoms with Crippen LogP contribution in [-0.4, -0.2) is 4.98 Å². The van der Waals surface area contributed by atoms with Gasteiger partial charge in [-0.25, -0.2) is 0 Å². The fourth-order valence-electron chi connectivity index (χ4n) is 1.15. The van der Waals surface area contributed by atoms with Crippen molar-refractivity contribution in [1.82, 2.24) is 4.98 Å². The van der Waals surface area contributed by atoms with Crippen molar-refractivity contribution in [1.29, 1.82) is 0 Å². The van der Waals surface area contributed by atoms with E-state index in [9.17, 15) is 0 Å². The first kappa shape index (κ1) is 10.2. The van der Waals surface area contributed by atoms with E-state index in [0.29, 0.717) is 0 Å². The van der Waals surface area contributed by atoms with E-state index in [4.69, 9.17) is 5.73 Å². The fraction of sp³-hybridized carbons (Fsp3) is 0.545. The van der Waals surface area contributed by atoms with Gasteiger partial charge in [0.15, 0.2) is 0 Å². The van der Waals surface area contributed by atoms with Crippen molar-refractivity contribution in [2.75, 3.05) is 0 Å². The van der Waals surface area contributed by atoms with Crippen LogP contribution in [0.2, 0.25) is 0 Å². The Hall–Kier alpha value is -0.890. The molecule has 0 unspecified atom stereocenters. The van der Waals surface area contributed by atoms with Crippen LogP contribution in [0.4, 0.5) is 0 Å². The van der Waals surface area contributed by atoms with Gasteiger partial charge in [0.2, 0.25) is 0 Å². The molecule has 13 heavy (non-hydrogen) atoms. The Labute approximate surface area is 80.2 Å². The summed E-state index contributed by atoms with van der Waals surface area (Å²) in [6, 6.07) is 4.09. The Morgan fingerprint density at radius 2 is 1.92 bits per heavy atom. The SMILES string of the molecule is CC.Cc1ccc(C2(N)CC2)nc1. The van der Waals surface area contributed by atoms with Gasteiger partial charge in [0, 0.05) is 6.20 Å². The summed E-state index contributed by atoms with van der Waals surface area (Å²) in [5.41, 5.74) is 8.12. The minimum atomic E-state index is -0.0757. The number of hydrogen-bond donors (Lipinski definition) is 1. The van der Waals surface area contributed by atoms with Crippen LogP contribution >= 0.6 is 0 Å². The molecule has 0 spiro atoms. The minimum absolute atomic E-state index is 0.0757. The van der Waals surface area contributed by atoms with Gasteiger partial charge < -0.3 is 5.73 Å². The summed E-state index contributed by atoms with van der Waals surface area (Å²) >= 11 is 0. The molecule has 0 bridgehead atoms. The monoisotopic (exact) mass is 178 g/mol. The molecule has 1 aliphatic carbocycles. The molecular formula is C11H18N2. The zero-order valence-electron chi connectivity index (χ0n) is 8.67. The Morgan fingerprint density at radius 3 is 2.31 bits per heavy atom. The average molecular weight is 178 g/mol. The van der Waals surface area contributed by atoms with E-state index in [1.807, 2.05) is 33.0 Å². The van der Waals surface area contributed by atoms with Gasteiger partial charge >= 0.3 is 0 Å². The van der Waals surface area contributed by atoms with Crippen LogP contribution in [0.3, 0.4) is 0 Å². The number of nitrogens with two attached hydrogens (primary N) is 1. The first-order chi connectivity index (χ1) is 6.21. The highest BCUT2D eigenvalue weighted by Crippen LogP contribution is 2.41. The van der Waals surface area contributed by atoms with E-state index in [0.717, 1.165) is 18.5 Å². The van der Waals surface area contributed by atoms with Crippen molar-refractivity contribution >= 4 is 0 Å². The van der Waals surface area contributed by atoms with Gasteiger partial charge in [0.05, 0.1) is 11.2 Å². The zero-order valence-corrected chi connectivity index (χ0v) is 8.67. The van der Waals surface area contributed by atoms with E-state index in [1.165, 1.54) is 5.56 Å². The summed E-state index contributed by atoms with van der Waals surface area (Å²) in [4.78, 5) is 4.29. The molecule has 2 rings (SSSR count). The third-order valence-electron chi connectivity index (χ3n) is 2.21. The fourth-order valence-corrected chi connectivity index (χ4v) is 1.15. The summed E-state index contributed by atoms with van der Waals surface area (Å²) in [6.07, 6.45) is 4.05. The second kappa shape index (κ2) is 3.88. The maximum absolute atomic E-state index is 5.96. The Balaban J connectivity index is 0.000000396. The summed E-state index contributed by atoms with van der Waals surface area (Å²) in [5.74, 6) is 0. The number of hydrogen-bond acceptors (Lipinski definition) is 2. The predicted molar refractivity (Wildman–Crippen MR) is 55.4 cm³/mol. The Bertz CT molecular complexity index is 260. The van der Waals surface area contributed by atoms with Crippen molar-refractivity contribution in [2.45, 2.75) is 39.2 Å². The Kier molecular flexibility index (Phi) is 3.04. The van der Waals surface area contributed by atoms with Crippen LogP contribution in [0.15, 0.2) is 18.3 Å². The van der Waals surface area contributed by atoms with E-state index < -0.39 is 0 Å². The van der Waals surface area contributed by atoms with Crippen molar-refractivity contribution in [3.63, 3.8) is 0 Å². The minimum Gasteiger partial charge on any atom is -0.320 e. The van der Waals surface area contributed by atoms with Crippen molar-refractivity contribution in [3.8, 4) is 0 Å². The molecule has 0 atom stereocenters. The molecule has 0 saturated heterocycles. The van der Waals surface area contributed by atoms with Crippen LogP contribution in [0.5, 0.6) is 0 Å². The predicted octanol–water partition coefficient (Wildman–Crippen LogP) is 2.36. The van der Waals surface area contributed by atoms with Crippen LogP contribution in [0, 0.1) is 6.92 Å². The lowest BCUT2D eigenvalue weighted by molar-refractivity contribution is 0.707. The molecule has 2 N–H and O–H groups in total. The van der Waals surface area contributed by atoms with Gasteiger partial charge in [0.1, 0.15) is 0 Å². The maximum atomic E-state index is 5.96. The van der Waals surface area contributed by atoms with Gasteiger partial charge in [0.25, 0.3) is 0 Å². The zero-order chi connectivity index (χ0) is 9.90. The number of nitrogens with zero attached hydrogens (tertiary/aromatic N) is 1. The summed E-state index contributed by atoms with van der Waals surface area (Å²) < 4.78 is 0. The molecule has 1 aromatic rings. The third-order valence-corrected chi connectivity index (χ3v) is 2.21. The molecule has 0 aromatic carbocycles. The van der Waals surface area contributed by atoms with Gasteiger partial charge in [-0.05, 0) is 31.4 Å². The maximum Gasteiger partial charge on any atom is 0.0602 e. The molecule has 0 aliphatic heterocycles. The smallest absolute Gasteiger partial charge is 0.0602 e. The highest BCUT2D eigenvalue weighted by molar-refractivity contribution is 5.24. The van der Waals surface area contributed by atoms with E-state index >= 15 is 0 Å². The molecule has 72 valence electrons. The van der Waals surface area contributed by atoms with Crippen LogP contribution in [0.25, 0.3) is 0 Å². The second-order valence-corrected chi connectivity index (χ2v) is 3.38. The number of aryl methyl sites for hydroxylation is 1. The van der Waals surface area contributed by atoms with Gasteiger partial charge in [-0.2, -0.15) is 0 Å². The highest BCUT2D eigenvalue weighted by Gasteiger charge is 2.41. The Morgan fingerprint density at radius 1 is 1.31 bits per heavy atom. The molecule has 0 amide bonds. The van der Waals surface area contributed by atoms with Gasteiger partial charge in [-0.1, -0.05) is 19.9 Å². The lowest BCUT2D eigenvalue weighted by Gasteiger charge is -2.06. The summed E-state index contributed by atoms with van der Waals surface area (Å²) in [6.45, 7) is 6.03. The van der Waals surface area contributed by atoms with Crippen molar-refractivity contribution in [3.05, 3.63) is 29.6 Å². The van der Waals surface area contributed by atoms with E-state index in [1.54, 1.807) is 0 Å². The van der Waals surface area contributed by atoms with Crippen LogP contribution in [0.1, 0.15) is 37.9 Å². The lowest BCUT2D eigenvalue weighted by Crippen LogP contribution is -2.19. The average Bonchev–Trinajstić information content (AvgIpc) is 2.89. The third kappa shape index (κ3) is 2.28. The van der Waals surface area contributed by atoms with Crippen molar-refractivity contribution < 1.29 is 0 Å². The summed E-state index contributed by atoms with van der Waals surface area (Å²) in [5, 5.41) is 0. The first-order valence-corrected chi connectivity index (χ1v) is 4.93. The molecule has 2 nitrogen and oxygen atoms in total. The number of rotatable bonds is 1. The van der Waals surface area contributed by atoms with Crippen LogP contribution < -0.4 is 5.73 Å². The molecule has 2 heteroatoms. The van der Waals surface area contributed by atoms with Crippen LogP contribution in [-0.2, 0) is 5.54 Å². The highest BCUT2D eigenvalue weighted by atomic mass is 14.9. The quantitative estimate of drug-likeness (QED) is 0.717. The molecule has 1 aromatic heterocycles. The van der Waals surface area contributed by atoms with E-state index in [2.05, 4.69) is 11.1 Å². The number of pyridine rings is 1. The van der Waals surface area contributed by atoms with Crippen molar-refractivity contribution in [2.24, 2.45) is 5.73 Å². The molecule has 1 fully saturated rings. The standard InChI is InChI=1S/C9H12N2.C2H6/c1-7-2-3-8(11-6-7)9(10)4-5-9;1-2/h2-3,6H,4-5,10H2,1H3;1-2H3. The number of aromatic nitrogens is 1. The van der Waals surface area contributed by atoms with Gasteiger partial charge in [-0.15, -0.1) is 0 Å². The topological polar surface area (TPSA) is 38.9 Å². The van der Waals surface area contributed by atoms with E-state index in [-0.39, 0.29) is 5.54 Å². The molecular weight excluding hydrogens is 160 g/mol. The molecule has 1 saturated carbocycles. The second-order valence-electron chi connectivity index (χ2n) is 3.38. The molecule has 1 aliphatic rings. The molecule has 1 heterocycles. The largest absolute Gasteiger partial charge is 0.320 e. The summed E-state index contributed by atoms with van der Waals surface area (Å²) in [7, 11) is 0. The lowest BCUT2D eigenvalue weighted by atomic mass is 10.1. The normalized spacial score (nSPS) is 17.2.